The van der Waals surface area contributed by atoms with Crippen molar-refractivity contribution in [3.05, 3.63) is 77.4 Å². The molecule has 3 aromatic carbocycles. The smallest absolute Gasteiger partial charge is 0.262 e. The topological polar surface area (TPSA) is 66.5 Å². The third-order valence-corrected chi connectivity index (χ3v) is 5.30. The van der Waals surface area contributed by atoms with Crippen molar-refractivity contribution in [2.45, 2.75) is 26.8 Å². The first-order valence-corrected chi connectivity index (χ1v) is 9.65. The molecule has 29 heavy (non-hydrogen) atoms. The van der Waals surface area contributed by atoms with Crippen molar-refractivity contribution in [2.75, 3.05) is 5.32 Å². The van der Waals surface area contributed by atoms with E-state index in [1.54, 1.807) is 36.4 Å². The van der Waals surface area contributed by atoms with Crippen LogP contribution in [0.25, 0.3) is 10.8 Å². The Morgan fingerprint density at radius 3 is 1.93 bits per heavy atom. The van der Waals surface area contributed by atoms with E-state index in [9.17, 15) is 14.4 Å². The molecule has 3 amide bonds. The van der Waals surface area contributed by atoms with E-state index >= 15 is 0 Å². The Labute approximate surface area is 169 Å². The van der Waals surface area contributed by atoms with Gasteiger partial charge in [0.15, 0.2) is 0 Å². The van der Waals surface area contributed by atoms with Crippen LogP contribution in [-0.2, 0) is 4.79 Å². The Morgan fingerprint density at radius 1 is 0.862 bits per heavy atom. The van der Waals surface area contributed by atoms with Gasteiger partial charge in [-0.05, 0) is 42.5 Å². The Kier molecular flexibility index (Phi) is 4.66. The minimum absolute atomic E-state index is 0.252. The molecule has 1 N–H and O–H groups in total. The maximum atomic E-state index is 13.3. The Morgan fingerprint density at radius 2 is 1.41 bits per heavy atom. The van der Waals surface area contributed by atoms with Crippen molar-refractivity contribution in [3.63, 3.8) is 0 Å². The monoisotopic (exact) mass is 386 g/mol. The van der Waals surface area contributed by atoms with Crippen molar-refractivity contribution in [2.24, 2.45) is 5.92 Å². The molecule has 1 aliphatic rings. The normalized spacial score (nSPS) is 14.4. The number of carbonyl (C=O) groups excluding carboxylic acids is 3. The molecule has 0 radical (unpaired) electrons. The van der Waals surface area contributed by atoms with E-state index in [0.717, 1.165) is 15.8 Å². The zero-order valence-electron chi connectivity index (χ0n) is 16.6. The van der Waals surface area contributed by atoms with Gasteiger partial charge in [0, 0.05) is 22.2 Å². The van der Waals surface area contributed by atoms with Crippen molar-refractivity contribution in [1.29, 1.82) is 0 Å². The summed E-state index contributed by atoms with van der Waals surface area (Å²) in [4.78, 5) is 40.8. The summed E-state index contributed by atoms with van der Waals surface area (Å²) in [5.74, 6) is -1.50. The summed E-state index contributed by atoms with van der Waals surface area (Å²) in [6.07, 6.45) is 0. The maximum absolute atomic E-state index is 13.3. The summed E-state index contributed by atoms with van der Waals surface area (Å²) < 4.78 is 0. The minimum Gasteiger partial charge on any atom is -0.324 e. The number of hydrogen-bond donors (Lipinski definition) is 1. The lowest BCUT2D eigenvalue weighted by Crippen LogP contribution is -2.54. The molecular weight excluding hydrogens is 364 g/mol. The van der Waals surface area contributed by atoms with E-state index in [1.165, 1.54) is 0 Å². The molecule has 0 bridgehead atoms. The minimum atomic E-state index is -0.917. The molecule has 0 saturated carbocycles. The Hall–Kier alpha value is -3.47. The summed E-state index contributed by atoms with van der Waals surface area (Å²) in [5.41, 5.74) is 2.61. The number of hydrogen-bond acceptors (Lipinski definition) is 3. The molecule has 0 fully saturated rings. The highest BCUT2D eigenvalue weighted by Gasteiger charge is 2.41. The molecule has 0 aromatic heterocycles. The molecule has 1 atom stereocenters. The summed E-state index contributed by atoms with van der Waals surface area (Å²) in [6.45, 7) is 5.63. The third-order valence-electron chi connectivity index (χ3n) is 5.30. The van der Waals surface area contributed by atoms with E-state index in [0.29, 0.717) is 22.2 Å². The number of benzene rings is 3. The second-order valence-corrected chi connectivity index (χ2v) is 7.73. The fraction of sp³-hybridized carbons (Fsp3) is 0.208. The SMILES string of the molecule is Cc1ccc(NC(=O)[C@@H](C(C)C)N2C(=O)c3cccc4cccc(c34)C2=O)cc1. The maximum Gasteiger partial charge on any atom is 0.262 e. The van der Waals surface area contributed by atoms with Gasteiger partial charge in [-0.2, -0.15) is 0 Å². The number of aryl methyl sites for hydroxylation is 1. The van der Waals surface area contributed by atoms with Crippen LogP contribution < -0.4 is 5.32 Å². The Balaban J connectivity index is 1.74. The first kappa shape index (κ1) is 18.9. The van der Waals surface area contributed by atoms with Gasteiger partial charge in [0.1, 0.15) is 6.04 Å². The van der Waals surface area contributed by atoms with Gasteiger partial charge in [0.2, 0.25) is 5.91 Å². The number of carbonyl (C=O) groups is 3. The summed E-state index contributed by atoms with van der Waals surface area (Å²) in [5, 5.41) is 4.35. The molecule has 1 heterocycles. The number of anilines is 1. The number of nitrogens with one attached hydrogen (secondary N) is 1. The zero-order chi connectivity index (χ0) is 20.7. The molecule has 5 nitrogen and oxygen atoms in total. The van der Waals surface area contributed by atoms with Crippen LogP contribution in [0.5, 0.6) is 0 Å². The van der Waals surface area contributed by atoms with Crippen LogP contribution in [0, 0.1) is 12.8 Å². The van der Waals surface area contributed by atoms with Crippen LogP contribution in [0.15, 0.2) is 60.7 Å². The van der Waals surface area contributed by atoms with E-state index in [-0.39, 0.29) is 11.8 Å². The molecule has 1 aliphatic heterocycles. The second kappa shape index (κ2) is 7.17. The lowest BCUT2D eigenvalue weighted by Gasteiger charge is -2.35. The Bertz CT molecular complexity index is 1080. The standard InChI is InChI=1S/C24H22N2O3/c1-14(2)21(22(27)25-17-12-10-15(3)11-13-17)26-23(28)18-8-4-6-16-7-5-9-19(20(16)18)24(26)29/h4-14,21H,1-3H3,(H,25,27)/t21-/m1/s1. The largest absolute Gasteiger partial charge is 0.324 e. The van der Waals surface area contributed by atoms with Crippen LogP contribution in [0.3, 0.4) is 0 Å². The summed E-state index contributed by atoms with van der Waals surface area (Å²) in [7, 11) is 0. The van der Waals surface area contributed by atoms with Gasteiger partial charge in [0.05, 0.1) is 0 Å². The van der Waals surface area contributed by atoms with Crippen LogP contribution in [0.4, 0.5) is 5.69 Å². The van der Waals surface area contributed by atoms with E-state index in [4.69, 9.17) is 0 Å². The van der Waals surface area contributed by atoms with E-state index in [1.807, 2.05) is 45.0 Å². The van der Waals surface area contributed by atoms with Crippen molar-refractivity contribution in [3.8, 4) is 0 Å². The number of imide groups is 1. The molecule has 3 aromatic rings. The fourth-order valence-electron chi connectivity index (χ4n) is 3.87. The molecule has 0 saturated heterocycles. The van der Waals surface area contributed by atoms with Gasteiger partial charge in [-0.15, -0.1) is 0 Å². The van der Waals surface area contributed by atoms with Gasteiger partial charge < -0.3 is 5.32 Å². The molecule has 5 heteroatoms. The van der Waals surface area contributed by atoms with Gasteiger partial charge in [0.25, 0.3) is 11.8 Å². The van der Waals surface area contributed by atoms with E-state index in [2.05, 4.69) is 5.32 Å². The van der Waals surface area contributed by atoms with Gasteiger partial charge in [-0.3, -0.25) is 19.3 Å². The van der Waals surface area contributed by atoms with Gasteiger partial charge in [-0.25, -0.2) is 0 Å². The average Bonchev–Trinajstić information content (AvgIpc) is 2.70. The van der Waals surface area contributed by atoms with Crippen molar-refractivity contribution >= 4 is 34.2 Å². The van der Waals surface area contributed by atoms with E-state index < -0.39 is 17.9 Å². The first-order valence-electron chi connectivity index (χ1n) is 9.65. The molecule has 0 aliphatic carbocycles. The lowest BCUT2D eigenvalue weighted by atomic mass is 9.91. The van der Waals surface area contributed by atoms with Crippen LogP contribution in [-0.4, -0.2) is 28.7 Å². The van der Waals surface area contributed by atoms with Crippen LogP contribution >= 0.6 is 0 Å². The number of rotatable bonds is 4. The quantitative estimate of drug-likeness (QED) is 0.676. The van der Waals surface area contributed by atoms with Gasteiger partial charge >= 0.3 is 0 Å². The molecule has 4 rings (SSSR count). The van der Waals surface area contributed by atoms with Crippen LogP contribution in [0.1, 0.15) is 40.1 Å². The average molecular weight is 386 g/mol. The predicted molar refractivity (Wildman–Crippen MR) is 113 cm³/mol. The zero-order valence-corrected chi connectivity index (χ0v) is 16.6. The summed E-state index contributed by atoms with van der Waals surface area (Å²) >= 11 is 0. The highest BCUT2D eigenvalue weighted by molar-refractivity contribution is 6.26. The highest BCUT2D eigenvalue weighted by Crippen LogP contribution is 2.32. The molecule has 146 valence electrons. The fourth-order valence-corrected chi connectivity index (χ4v) is 3.87. The number of amides is 3. The van der Waals surface area contributed by atoms with Crippen molar-refractivity contribution < 1.29 is 14.4 Å². The number of nitrogens with zero attached hydrogens (tertiary/aromatic N) is 1. The first-order chi connectivity index (χ1) is 13.9. The van der Waals surface area contributed by atoms with Gasteiger partial charge in [-0.1, -0.05) is 55.8 Å². The summed E-state index contributed by atoms with van der Waals surface area (Å²) in [6, 6.07) is 17.3. The second-order valence-electron chi connectivity index (χ2n) is 7.73. The third kappa shape index (κ3) is 3.18. The van der Waals surface area contributed by atoms with Crippen molar-refractivity contribution in [1.82, 2.24) is 4.90 Å². The predicted octanol–water partition coefficient (Wildman–Crippen LogP) is 4.41. The molecule has 0 spiro atoms. The highest BCUT2D eigenvalue weighted by atomic mass is 16.2. The van der Waals surface area contributed by atoms with Crippen LogP contribution in [0.2, 0.25) is 0 Å². The lowest BCUT2D eigenvalue weighted by molar-refractivity contribution is -0.121. The molecular formula is C24H22N2O3. The molecule has 0 unspecified atom stereocenters.